The van der Waals surface area contributed by atoms with Crippen molar-refractivity contribution in [3.63, 3.8) is 0 Å². The van der Waals surface area contributed by atoms with Crippen LogP contribution in [0.4, 0.5) is 0 Å². The van der Waals surface area contributed by atoms with Crippen LogP contribution in [0, 0.1) is 0 Å². The first-order chi connectivity index (χ1) is 8.70. The molecule has 0 aliphatic heterocycles. The van der Waals surface area contributed by atoms with Crippen molar-refractivity contribution in [3.05, 3.63) is 17.5 Å². The summed E-state index contributed by atoms with van der Waals surface area (Å²) in [5, 5.41) is 5.78. The van der Waals surface area contributed by atoms with E-state index in [0.717, 1.165) is 19.3 Å². The Kier molecular flexibility index (Phi) is 4.70. The normalized spacial score (nSPS) is 27.3. The molecule has 0 radical (unpaired) electrons. The number of thiophene rings is 1. The fourth-order valence-corrected chi connectivity index (χ4v) is 4.71. The summed E-state index contributed by atoms with van der Waals surface area (Å²) in [6.45, 7) is 2.30. The summed E-state index contributed by atoms with van der Waals surface area (Å²) in [5.74, 6) is -0.0956. The molecule has 3 nitrogen and oxygen atoms in total. The van der Waals surface area contributed by atoms with Crippen LogP contribution in [0.3, 0.4) is 0 Å². The number of nitrogens with one attached hydrogen (secondary N) is 1. The van der Waals surface area contributed by atoms with Crippen LogP contribution in [0.15, 0.2) is 21.7 Å². The highest BCUT2D eigenvalue weighted by Crippen LogP contribution is 2.41. The summed E-state index contributed by atoms with van der Waals surface area (Å²) in [7, 11) is 1.86. The fraction of sp³-hybridized carbons (Fsp3) is 0.615. The van der Waals surface area contributed by atoms with Crippen molar-refractivity contribution in [2.45, 2.75) is 41.2 Å². The Balaban J connectivity index is 1.98. The minimum absolute atomic E-state index is 0.0956. The molecule has 2 unspecified atom stereocenters. The molecule has 2 atom stereocenters. The van der Waals surface area contributed by atoms with Crippen molar-refractivity contribution in [2.75, 3.05) is 13.7 Å². The number of ether oxygens (including phenoxy) is 1. The Labute approximate surface area is 116 Å². The van der Waals surface area contributed by atoms with Crippen LogP contribution in [0.1, 0.15) is 26.2 Å². The van der Waals surface area contributed by atoms with E-state index in [1.807, 2.05) is 25.7 Å². The van der Waals surface area contributed by atoms with Gasteiger partial charge in [0.25, 0.3) is 0 Å². The Morgan fingerprint density at radius 1 is 1.72 bits per heavy atom. The van der Waals surface area contributed by atoms with Crippen molar-refractivity contribution in [1.29, 1.82) is 0 Å². The molecule has 1 heterocycles. The largest absolute Gasteiger partial charge is 0.465 e. The first-order valence-corrected chi connectivity index (χ1v) is 8.02. The second kappa shape index (κ2) is 6.08. The molecule has 100 valence electrons. The van der Waals surface area contributed by atoms with Gasteiger partial charge in [0, 0.05) is 5.25 Å². The number of carbonyl (C=O) groups excluding carboxylic acids is 1. The Bertz CT molecular complexity index is 394. The number of thioether (sulfide) groups is 1. The SMILES string of the molecule is CCOC(=O)C1(NC)CCC(Sc2cccs2)C1. The summed E-state index contributed by atoms with van der Waals surface area (Å²) in [6, 6.07) is 4.21. The minimum atomic E-state index is -0.467. The molecule has 1 aromatic heterocycles. The molecule has 1 N–H and O–H groups in total. The van der Waals surface area contributed by atoms with Crippen molar-refractivity contribution < 1.29 is 9.53 Å². The third kappa shape index (κ3) is 2.90. The average molecular weight is 285 g/mol. The van der Waals surface area contributed by atoms with Gasteiger partial charge in [0.15, 0.2) is 0 Å². The average Bonchev–Trinajstić information content (AvgIpc) is 3.00. The van der Waals surface area contributed by atoms with Crippen molar-refractivity contribution in [2.24, 2.45) is 0 Å². The molecule has 0 saturated heterocycles. The quantitative estimate of drug-likeness (QED) is 0.844. The number of hydrogen-bond acceptors (Lipinski definition) is 5. The van der Waals surface area contributed by atoms with Crippen LogP contribution in [-0.4, -0.2) is 30.4 Å². The van der Waals surface area contributed by atoms with Crippen LogP contribution >= 0.6 is 23.1 Å². The van der Waals surface area contributed by atoms with Crippen LogP contribution in [-0.2, 0) is 9.53 Å². The Morgan fingerprint density at radius 3 is 3.17 bits per heavy atom. The van der Waals surface area contributed by atoms with E-state index in [1.54, 1.807) is 11.3 Å². The van der Waals surface area contributed by atoms with Gasteiger partial charge in [-0.05, 0) is 44.7 Å². The second-order valence-electron chi connectivity index (χ2n) is 4.47. The van der Waals surface area contributed by atoms with Gasteiger partial charge in [-0.1, -0.05) is 6.07 Å². The van der Waals surface area contributed by atoms with Crippen molar-refractivity contribution in [3.8, 4) is 0 Å². The lowest BCUT2D eigenvalue weighted by Crippen LogP contribution is -2.49. The van der Waals surface area contributed by atoms with Crippen molar-refractivity contribution in [1.82, 2.24) is 5.32 Å². The van der Waals surface area contributed by atoms with Gasteiger partial charge in [-0.3, -0.25) is 4.79 Å². The molecule has 2 rings (SSSR count). The number of hydrogen-bond donors (Lipinski definition) is 1. The molecule has 0 amide bonds. The van der Waals surface area contributed by atoms with Gasteiger partial charge in [0.1, 0.15) is 5.54 Å². The summed E-state index contributed by atoms with van der Waals surface area (Å²) < 4.78 is 6.52. The highest BCUT2D eigenvalue weighted by atomic mass is 32.2. The second-order valence-corrected chi connectivity index (χ2v) is 7.02. The molecule has 0 bridgehead atoms. The molecule has 0 spiro atoms. The fourth-order valence-electron chi connectivity index (χ4n) is 2.38. The van der Waals surface area contributed by atoms with Crippen LogP contribution in [0.25, 0.3) is 0 Å². The van der Waals surface area contributed by atoms with E-state index < -0.39 is 5.54 Å². The zero-order chi connectivity index (χ0) is 13.0. The number of rotatable bonds is 5. The smallest absolute Gasteiger partial charge is 0.326 e. The topological polar surface area (TPSA) is 38.3 Å². The molecule has 1 saturated carbocycles. The zero-order valence-corrected chi connectivity index (χ0v) is 12.4. The van der Waals surface area contributed by atoms with Gasteiger partial charge in [-0.2, -0.15) is 0 Å². The van der Waals surface area contributed by atoms with E-state index in [4.69, 9.17) is 4.74 Å². The summed E-state index contributed by atoms with van der Waals surface area (Å²) in [6.07, 6.45) is 2.78. The van der Waals surface area contributed by atoms with Gasteiger partial charge in [0.2, 0.25) is 0 Å². The van der Waals surface area contributed by atoms with Gasteiger partial charge >= 0.3 is 5.97 Å². The summed E-state index contributed by atoms with van der Waals surface area (Å²) in [4.78, 5) is 12.1. The lowest BCUT2D eigenvalue weighted by atomic mass is 9.98. The van der Waals surface area contributed by atoms with Crippen LogP contribution < -0.4 is 5.32 Å². The Morgan fingerprint density at radius 2 is 2.56 bits per heavy atom. The van der Waals surface area contributed by atoms with E-state index >= 15 is 0 Å². The number of likely N-dealkylation sites (N-methyl/N-ethyl adjacent to an activating group) is 1. The van der Waals surface area contributed by atoms with E-state index in [1.165, 1.54) is 4.21 Å². The van der Waals surface area contributed by atoms with E-state index in [-0.39, 0.29) is 5.97 Å². The predicted octanol–water partition coefficient (Wildman–Crippen LogP) is 2.91. The highest BCUT2D eigenvalue weighted by Gasteiger charge is 2.45. The summed E-state index contributed by atoms with van der Waals surface area (Å²) in [5.41, 5.74) is -0.467. The monoisotopic (exact) mass is 285 g/mol. The molecular weight excluding hydrogens is 266 g/mol. The molecule has 1 aliphatic rings. The highest BCUT2D eigenvalue weighted by molar-refractivity contribution is 8.01. The predicted molar refractivity (Wildman–Crippen MR) is 76.2 cm³/mol. The summed E-state index contributed by atoms with van der Waals surface area (Å²) >= 11 is 3.64. The first-order valence-electron chi connectivity index (χ1n) is 6.26. The maximum absolute atomic E-state index is 12.1. The van der Waals surface area contributed by atoms with Crippen LogP contribution in [0.2, 0.25) is 0 Å². The minimum Gasteiger partial charge on any atom is -0.465 e. The third-order valence-electron chi connectivity index (χ3n) is 3.39. The number of carbonyl (C=O) groups is 1. The van der Waals surface area contributed by atoms with Gasteiger partial charge in [-0.25, -0.2) is 0 Å². The lowest BCUT2D eigenvalue weighted by molar-refractivity contribution is -0.150. The van der Waals surface area contributed by atoms with E-state index in [9.17, 15) is 4.79 Å². The van der Waals surface area contributed by atoms with Crippen LogP contribution in [0.5, 0.6) is 0 Å². The molecule has 1 aromatic rings. The maximum Gasteiger partial charge on any atom is 0.326 e. The molecule has 18 heavy (non-hydrogen) atoms. The molecule has 1 aliphatic carbocycles. The van der Waals surface area contributed by atoms with Gasteiger partial charge in [0.05, 0.1) is 10.8 Å². The van der Waals surface area contributed by atoms with Gasteiger partial charge < -0.3 is 10.1 Å². The lowest BCUT2D eigenvalue weighted by Gasteiger charge is -2.26. The Hall–Kier alpha value is -0.520. The van der Waals surface area contributed by atoms with Gasteiger partial charge in [-0.15, -0.1) is 23.1 Å². The van der Waals surface area contributed by atoms with E-state index in [0.29, 0.717) is 11.9 Å². The van der Waals surface area contributed by atoms with E-state index in [2.05, 4.69) is 22.8 Å². The zero-order valence-electron chi connectivity index (χ0n) is 10.8. The molecule has 5 heteroatoms. The molecule has 0 aromatic carbocycles. The third-order valence-corrected chi connectivity index (χ3v) is 5.73. The van der Waals surface area contributed by atoms with Crippen molar-refractivity contribution >= 4 is 29.1 Å². The maximum atomic E-state index is 12.1. The molecular formula is C13H19NO2S2. The molecule has 1 fully saturated rings. The number of esters is 1. The standard InChI is InChI=1S/C13H19NO2S2/c1-3-16-12(15)13(14-2)7-6-10(9-13)18-11-5-4-8-17-11/h4-5,8,10,14H,3,6-7,9H2,1-2H3. The first kappa shape index (κ1) is 13.9.